The van der Waals surface area contributed by atoms with Gasteiger partial charge in [-0.05, 0) is 29.8 Å². The number of benzene rings is 2. The topological polar surface area (TPSA) is 53.5 Å². The molecule has 0 fully saturated rings. The van der Waals surface area contributed by atoms with Gasteiger partial charge in [0.1, 0.15) is 5.82 Å². The van der Waals surface area contributed by atoms with Gasteiger partial charge in [0, 0.05) is 4.47 Å². The van der Waals surface area contributed by atoms with Crippen molar-refractivity contribution >= 4 is 33.7 Å². The first-order chi connectivity index (χ1) is 10.1. The van der Waals surface area contributed by atoms with E-state index in [2.05, 4.69) is 31.8 Å². The summed E-state index contributed by atoms with van der Waals surface area (Å²) >= 11 is 3.33. The normalized spacial score (nSPS) is 10.6. The summed E-state index contributed by atoms with van der Waals surface area (Å²) < 4.78 is 14.3. The predicted molar refractivity (Wildman–Crippen MR) is 84.8 cm³/mol. The van der Waals surface area contributed by atoms with Crippen molar-refractivity contribution in [3.63, 3.8) is 0 Å². The van der Waals surface area contributed by atoms with Crippen LogP contribution in [0.4, 0.5) is 10.1 Å². The smallest absolute Gasteiger partial charge is 0.259 e. The molecule has 0 saturated heterocycles. The highest BCUT2D eigenvalue weighted by Crippen LogP contribution is 2.11. The standard InChI is InChI=1S/C15H13BrFN3O/c16-12-7-5-11(6-8-12)9-19-20-15(21)10-18-14-4-2-1-3-13(14)17/h1-9,18H,10H2,(H,20,21)/b19-9+. The highest BCUT2D eigenvalue weighted by atomic mass is 79.9. The summed E-state index contributed by atoms with van der Waals surface area (Å²) in [5.74, 6) is -0.754. The van der Waals surface area contributed by atoms with Crippen LogP contribution in [-0.4, -0.2) is 18.7 Å². The van der Waals surface area contributed by atoms with Crippen LogP contribution in [0.1, 0.15) is 5.56 Å². The monoisotopic (exact) mass is 349 g/mol. The number of hydrogen-bond acceptors (Lipinski definition) is 3. The highest BCUT2D eigenvalue weighted by Gasteiger charge is 2.02. The Morgan fingerprint density at radius 1 is 1.19 bits per heavy atom. The van der Waals surface area contributed by atoms with Crippen LogP contribution in [0, 0.1) is 5.82 Å². The van der Waals surface area contributed by atoms with E-state index in [9.17, 15) is 9.18 Å². The first-order valence-electron chi connectivity index (χ1n) is 6.21. The summed E-state index contributed by atoms with van der Waals surface area (Å²) in [6.07, 6.45) is 1.54. The number of hydrazone groups is 1. The lowest BCUT2D eigenvalue weighted by atomic mass is 10.2. The van der Waals surface area contributed by atoms with Gasteiger partial charge in [0.15, 0.2) is 0 Å². The third-order valence-electron chi connectivity index (χ3n) is 2.59. The molecule has 0 bridgehead atoms. The number of nitrogens with zero attached hydrogens (tertiary/aromatic N) is 1. The van der Waals surface area contributed by atoms with Crippen LogP contribution in [0.3, 0.4) is 0 Å². The van der Waals surface area contributed by atoms with E-state index in [1.807, 2.05) is 24.3 Å². The van der Waals surface area contributed by atoms with Gasteiger partial charge in [0.25, 0.3) is 5.91 Å². The van der Waals surface area contributed by atoms with E-state index in [-0.39, 0.29) is 18.1 Å². The third-order valence-corrected chi connectivity index (χ3v) is 3.11. The fraction of sp³-hybridized carbons (Fsp3) is 0.0667. The lowest BCUT2D eigenvalue weighted by molar-refractivity contribution is -0.119. The van der Waals surface area contributed by atoms with Crippen molar-refractivity contribution in [1.29, 1.82) is 0 Å². The van der Waals surface area contributed by atoms with Crippen LogP contribution in [0.5, 0.6) is 0 Å². The average Bonchev–Trinajstić information content (AvgIpc) is 2.48. The van der Waals surface area contributed by atoms with Crippen LogP contribution >= 0.6 is 15.9 Å². The molecule has 4 nitrogen and oxygen atoms in total. The molecule has 6 heteroatoms. The summed E-state index contributed by atoms with van der Waals surface area (Å²) in [6.45, 7) is -0.0569. The minimum absolute atomic E-state index is 0.0569. The first kappa shape index (κ1) is 15.2. The number of halogens is 2. The number of rotatable bonds is 5. The Hall–Kier alpha value is -2.21. The molecule has 0 aromatic heterocycles. The van der Waals surface area contributed by atoms with E-state index in [0.717, 1.165) is 10.0 Å². The molecule has 108 valence electrons. The van der Waals surface area contributed by atoms with Gasteiger partial charge in [-0.2, -0.15) is 5.10 Å². The maximum absolute atomic E-state index is 13.3. The molecule has 0 radical (unpaired) electrons. The summed E-state index contributed by atoms with van der Waals surface area (Å²) in [4.78, 5) is 11.6. The molecular weight excluding hydrogens is 337 g/mol. The zero-order chi connectivity index (χ0) is 15.1. The van der Waals surface area contributed by atoms with Gasteiger partial charge >= 0.3 is 0 Å². The highest BCUT2D eigenvalue weighted by molar-refractivity contribution is 9.10. The second-order valence-corrected chi connectivity index (χ2v) is 5.09. The van der Waals surface area contributed by atoms with Crippen molar-refractivity contribution in [3.8, 4) is 0 Å². The Kier molecular flexibility index (Phi) is 5.45. The van der Waals surface area contributed by atoms with Crippen LogP contribution in [0.15, 0.2) is 58.1 Å². The predicted octanol–water partition coefficient (Wildman–Crippen LogP) is 3.15. The molecule has 0 aliphatic carbocycles. The molecule has 2 aromatic rings. The summed E-state index contributed by atoms with van der Waals surface area (Å²) in [7, 11) is 0. The molecule has 0 spiro atoms. The van der Waals surface area contributed by atoms with Gasteiger partial charge < -0.3 is 5.32 Å². The molecule has 1 amide bonds. The number of carbonyl (C=O) groups is 1. The minimum atomic E-state index is -0.399. The third kappa shape index (κ3) is 5.00. The number of hydrogen-bond donors (Lipinski definition) is 2. The SMILES string of the molecule is O=C(CNc1ccccc1F)N/N=C/c1ccc(Br)cc1. The van der Waals surface area contributed by atoms with E-state index >= 15 is 0 Å². The van der Waals surface area contributed by atoms with Crippen molar-refractivity contribution in [1.82, 2.24) is 5.43 Å². The average molecular weight is 350 g/mol. The van der Waals surface area contributed by atoms with Gasteiger partial charge in [-0.3, -0.25) is 4.79 Å². The van der Waals surface area contributed by atoms with Gasteiger partial charge in [-0.1, -0.05) is 40.2 Å². The second-order valence-electron chi connectivity index (χ2n) is 4.18. The van der Waals surface area contributed by atoms with E-state index in [1.54, 1.807) is 18.2 Å². The molecule has 0 heterocycles. The Balaban J connectivity index is 1.80. The quantitative estimate of drug-likeness (QED) is 0.643. The molecule has 2 rings (SSSR count). The lowest BCUT2D eigenvalue weighted by Crippen LogP contribution is -2.26. The van der Waals surface area contributed by atoms with Gasteiger partial charge in [-0.25, -0.2) is 9.82 Å². The zero-order valence-electron chi connectivity index (χ0n) is 11.0. The number of para-hydroxylation sites is 1. The summed E-state index contributed by atoms with van der Waals surface area (Å²) in [5.41, 5.74) is 3.51. The zero-order valence-corrected chi connectivity index (χ0v) is 12.6. The molecule has 0 saturated carbocycles. The number of carbonyl (C=O) groups excluding carboxylic acids is 1. The van der Waals surface area contributed by atoms with Crippen LogP contribution in [-0.2, 0) is 4.79 Å². The largest absolute Gasteiger partial charge is 0.374 e. The number of anilines is 1. The van der Waals surface area contributed by atoms with Crippen LogP contribution < -0.4 is 10.7 Å². The van der Waals surface area contributed by atoms with E-state index in [4.69, 9.17) is 0 Å². The summed E-state index contributed by atoms with van der Waals surface area (Å²) in [5, 5.41) is 6.53. The molecular formula is C15H13BrFN3O. The Labute approximate surface area is 130 Å². The van der Waals surface area contributed by atoms with Crippen molar-refractivity contribution in [2.75, 3.05) is 11.9 Å². The maximum Gasteiger partial charge on any atom is 0.259 e. The molecule has 2 aromatic carbocycles. The Morgan fingerprint density at radius 3 is 2.62 bits per heavy atom. The molecule has 0 unspecified atom stereocenters. The first-order valence-corrected chi connectivity index (χ1v) is 7.00. The van der Waals surface area contributed by atoms with Crippen molar-refractivity contribution < 1.29 is 9.18 Å². The van der Waals surface area contributed by atoms with Crippen molar-refractivity contribution in [2.45, 2.75) is 0 Å². The fourth-order valence-electron chi connectivity index (χ4n) is 1.55. The van der Waals surface area contributed by atoms with E-state index in [1.165, 1.54) is 12.3 Å². The molecule has 2 N–H and O–H groups in total. The molecule has 0 aliphatic rings. The Bertz CT molecular complexity index is 644. The minimum Gasteiger partial charge on any atom is -0.374 e. The van der Waals surface area contributed by atoms with Crippen LogP contribution in [0.2, 0.25) is 0 Å². The Morgan fingerprint density at radius 2 is 1.90 bits per heavy atom. The number of amides is 1. The molecule has 0 aliphatic heterocycles. The van der Waals surface area contributed by atoms with Crippen molar-refractivity contribution in [3.05, 3.63) is 64.4 Å². The lowest BCUT2D eigenvalue weighted by Gasteiger charge is -2.05. The molecule has 21 heavy (non-hydrogen) atoms. The van der Waals surface area contributed by atoms with Crippen LogP contribution in [0.25, 0.3) is 0 Å². The second kappa shape index (κ2) is 7.54. The van der Waals surface area contributed by atoms with Gasteiger partial charge in [-0.15, -0.1) is 0 Å². The molecule has 0 atom stereocenters. The van der Waals surface area contributed by atoms with E-state index in [0.29, 0.717) is 0 Å². The number of nitrogens with one attached hydrogen (secondary N) is 2. The fourth-order valence-corrected chi connectivity index (χ4v) is 1.81. The maximum atomic E-state index is 13.3. The van der Waals surface area contributed by atoms with E-state index < -0.39 is 5.82 Å². The van der Waals surface area contributed by atoms with Gasteiger partial charge in [0.2, 0.25) is 0 Å². The summed E-state index contributed by atoms with van der Waals surface area (Å²) in [6, 6.07) is 13.6. The van der Waals surface area contributed by atoms with Crippen molar-refractivity contribution in [2.24, 2.45) is 5.10 Å². The van der Waals surface area contributed by atoms with Gasteiger partial charge in [0.05, 0.1) is 18.4 Å².